The lowest BCUT2D eigenvalue weighted by Crippen LogP contribution is -2.13. The van der Waals surface area contributed by atoms with Crippen LogP contribution in [-0.2, 0) is 19.1 Å². The number of aromatic hydroxyl groups is 3. The molecular formula is C56H86O7. The Hall–Kier alpha value is -4.00. The van der Waals surface area contributed by atoms with Crippen LogP contribution in [0.15, 0.2) is 72.8 Å². The molecule has 3 unspecified atom stereocenters. The molecule has 0 aliphatic rings. The van der Waals surface area contributed by atoms with Crippen LogP contribution < -0.4 is 0 Å². The van der Waals surface area contributed by atoms with Gasteiger partial charge in [-0.1, -0.05) is 172 Å². The normalized spacial score (nSPS) is 12.8. The maximum atomic E-state index is 12.3. The smallest absolute Gasteiger partial charge is 0.305 e. The average Bonchev–Trinajstić information content (AvgIpc) is 3.28. The van der Waals surface area contributed by atoms with Crippen LogP contribution in [0.4, 0.5) is 0 Å². The van der Waals surface area contributed by atoms with E-state index in [1.165, 1.54) is 107 Å². The van der Waals surface area contributed by atoms with Crippen LogP contribution in [-0.4, -0.2) is 40.5 Å². The number of benzene rings is 3. The van der Waals surface area contributed by atoms with Crippen molar-refractivity contribution in [2.75, 3.05) is 13.2 Å². The lowest BCUT2D eigenvalue weighted by Gasteiger charge is -2.23. The highest BCUT2D eigenvalue weighted by molar-refractivity contribution is 5.70. The zero-order valence-corrected chi connectivity index (χ0v) is 39.6. The Morgan fingerprint density at radius 1 is 0.365 bits per heavy atom. The van der Waals surface area contributed by atoms with Crippen molar-refractivity contribution >= 4 is 11.9 Å². The van der Waals surface area contributed by atoms with E-state index in [0.29, 0.717) is 47.8 Å². The van der Waals surface area contributed by atoms with Gasteiger partial charge in [0.2, 0.25) is 0 Å². The van der Waals surface area contributed by atoms with Crippen molar-refractivity contribution in [2.24, 2.45) is 0 Å². The van der Waals surface area contributed by atoms with Gasteiger partial charge in [0.1, 0.15) is 30.5 Å². The maximum absolute atomic E-state index is 12.3. The summed E-state index contributed by atoms with van der Waals surface area (Å²) in [5.74, 6) is 1.99. The predicted octanol–water partition coefficient (Wildman–Crippen LogP) is 15.9. The molecular weight excluding hydrogens is 785 g/mol. The fourth-order valence-corrected chi connectivity index (χ4v) is 9.08. The van der Waals surface area contributed by atoms with Crippen LogP contribution in [0.3, 0.4) is 0 Å². The minimum absolute atomic E-state index is 0.116. The monoisotopic (exact) mass is 871 g/mol. The quantitative estimate of drug-likeness (QED) is 0.0388. The number of phenols is 3. The topological polar surface area (TPSA) is 113 Å². The molecule has 63 heavy (non-hydrogen) atoms. The van der Waals surface area contributed by atoms with E-state index in [9.17, 15) is 24.9 Å². The Morgan fingerprint density at radius 2 is 0.619 bits per heavy atom. The number of phenolic OH excluding ortho intramolecular Hbond substituents is 3. The molecule has 7 nitrogen and oxygen atoms in total. The van der Waals surface area contributed by atoms with Gasteiger partial charge in [0.25, 0.3) is 0 Å². The Labute approximate surface area is 382 Å². The highest BCUT2D eigenvalue weighted by Crippen LogP contribution is 2.36. The number of hydrogen-bond acceptors (Lipinski definition) is 7. The van der Waals surface area contributed by atoms with Crippen molar-refractivity contribution < 1.29 is 34.4 Å². The van der Waals surface area contributed by atoms with E-state index < -0.39 is 0 Å². The number of ether oxygens (including phenoxy) is 2. The Morgan fingerprint density at radius 3 is 0.952 bits per heavy atom. The molecule has 3 aromatic rings. The summed E-state index contributed by atoms with van der Waals surface area (Å²) in [6.45, 7) is 4.74. The second-order valence-corrected chi connectivity index (χ2v) is 18.3. The molecule has 3 aromatic carbocycles. The Balaban J connectivity index is 1.19. The highest BCUT2D eigenvalue weighted by Gasteiger charge is 2.18. The third-order valence-electron chi connectivity index (χ3n) is 13.0. The number of hydrogen-bond donors (Lipinski definition) is 3. The third-order valence-corrected chi connectivity index (χ3v) is 13.0. The summed E-state index contributed by atoms with van der Waals surface area (Å²) in [7, 11) is 0. The van der Waals surface area contributed by atoms with Crippen LogP contribution in [0, 0.1) is 0 Å². The second-order valence-electron chi connectivity index (χ2n) is 18.3. The SMILES string of the molecule is CCCCCCCCC(CCCCCCCCC(=O)OCCOC(=O)CCCCCCCCC(CCC(CCCCC)c1ccc(O)cc1)c1ccc(O)cc1)c1ccc(O)cc1. The van der Waals surface area contributed by atoms with E-state index in [1.54, 1.807) is 12.1 Å². The van der Waals surface area contributed by atoms with Crippen LogP contribution in [0.1, 0.15) is 234 Å². The van der Waals surface area contributed by atoms with Crippen molar-refractivity contribution in [3.63, 3.8) is 0 Å². The highest BCUT2D eigenvalue weighted by atomic mass is 16.6. The summed E-state index contributed by atoms with van der Waals surface area (Å²) in [5, 5.41) is 29.5. The molecule has 0 fully saturated rings. The molecule has 0 aromatic heterocycles. The zero-order valence-electron chi connectivity index (χ0n) is 39.6. The molecule has 3 atom stereocenters. The van der Waals surface area contributed by atoms with E-state index in [1.807, 2.05) is 24.3 Å². The summed E-state index contributed by atoms with van der Waals surface area (Å²) in [6.07, 6.45) is 32.1. The Kier molecular flexibility index (Phi) is 29.1. The second kappa shape index (κ2) is 34.4. The van der Waals surface area contributed by atoms with Crippen LogP contribution in [0.5, 0.6) is 17.2 Å². The maximum Gasteiger partial charge on any atom is 0.305 e. The first-order valence-electron chi connectivity index (χ1n) is 25.5. The number of carbonyl (C=O) groups excluding carboxylic acids is 2. The molecule has 0 aliphatic heterocycles. The molecule has 0 heterocycles. The van der Waals surface area contributed by atoms with Crippen molar-refractivity contribution in [3.8, 4) is 17.2 Å². The molecule has 0 saturated heterocycles. The summed E-state index contributed by atoms with van der Waals surface area (Å²) in [4.78, 5) is 24.5. The number of rotatable bonds is 38. The predicted molar refractivity (Wildman–Crippen MR) is 260 cm³/mol. The van der Waals surface area contributed by atoms with Gasteiger partial charge in [0.05, 0.1) is 0 Å². The van der Waals surface area contributed by atoms with Gasteiger partial charge in [-0.2, -0.15) is 0 Å². The zero-order chi connectivity index (χ0) is 45.2. The van der Waals surface area contributed by atoms with Gasteiger partial charge < -0.3 is 24.8 Å². The van der Waals surface area contributed by atoms with E-state index in [2.05, 4.69) is 50.2 Å². The van der Waals surface area contributed by atoms with E-state index in [0.717, 1.165) is 83.5 Å². The molecule has 0 radical (unpaired) electrons. The standard InChI is InChI=1S/C56H86O7/c1-3-5-7-8-13-19-25-46(49-32-38-52(57)39-33-49)26-20-14-9-11-16-22-28-55(60)62-44-45-63-56(61)29-23-17-12-10-15-21-27-48(51-36-42-54(59)43-37-51)31-30-47(24-18-6-4-2)50-34-40-53(58)41-35-50/h32-43,46-48,57-59H,3-31,44-45H2,1-2H3. The van der Waals surface area contributed by atoms with E-state index in [4.69, 9.17) is 9.47 Å². The summed E-state index contributed by atoms with van der Waals surface area (Å²) < 4.78 is 10.7. The first-order chi connectivity index (χ1) is 30.8. The van der Waals surface area contributed by atoms with Gasteiger partial charge in [-0.3, -0.25) is 9.59 Å². The first-order valence-corrected chi connectivity index (χ1v) is 25.5. The van der Waals surface area contributed by atoms with Gasteiger partial charge in [0.15, 0.2) is 0 Å². The third kappa shape index (κ3) is 25.2. The fourth-order valence-electron chi connectivity index (χ4n) is 9.08. The molecule has 352 valence electrons. The van der Waals surface area contributed by atoms with Gasteiger partial charge in [0, 0.05) is 12.8 Å². The first kappa shape index (κ1) is 53.3. The minimum Gasteiger partial charge on any atom is -0.508 e. The number of carbonyl (C=O) groups is 2. The van der Waals surface area contributed by atoms with Crippen molar-refractivity contribution in [3.05, 3.63) is 89.5 Å². The molecule has 3 rings (SSSR count). The molecule has 7 heteroatoms. The molecule has 0 saturated carbocycles. The van der Waals surface area contributed by atoms with Gasteiger partial charge >= 0.3 is 11.9 Å². The largest absolute Gasteiger partial charge is 0.508 e. The summed E-state index contributed by atoms with van der Waals surface area (Å²) in [5.41, 5.74) is 3.95. The van der Waals surface area contributed by atoms with Gasteiger partial charge in [-0.15, -0.1) is 0 Å². The van der Waals surface area contributed by atoms with Gasteiger partial charge in [-0.25, -0.2) is 0 Å². The molecule has 3 N–H and O–H groups in total. The van der Waals surface area contributed by atoms with Crippen LogP contribution in [0.2, 0.25) is 0 Å². The van der Waals surface area contributed by atoms with Crippen LogP contribution >= 0.6 is 0 Å². The number of esters is 2. The van der Waals surface area contributed by atoms with Crippen molar-refractivity contribution in [1.29, 1.82) is 0 Å². The fraction of sp³-hybridized carbons (Fsp3) is 0.643. The van der Waals surface area contributed by atoms with E-state index >= 15 is 0 Å². The van der Waals surface area contributed by atoms with Crippen LogP contribution in [0.25, 0.3) is 0 Å². The van der Waals surface area contributed by atoms with Crippen molar-refractivity contribution in [2.45, 2.75) is 218 Å². The summed E-state index contributed by atoms with van der Waals surface area (Å²) in [6, 6.07) is 23.4. The summed E-state index contributed by atoms with van der Waals surface area (Å²) >= 11 is 0. The van der Waals surface area contributed by atoms with Gasteiger partial charge in [-0.05, 0) is 122 Å². The minimum atomic E-state index is -0.222. The number of unbranched alkanes of at least 4 members (excludes halogenated alkanes) is 17. The molecule has 0 bridgehead atoms. The van der Waals surface area contributed by atoms with E-state index in [-0.39, 0.29) is 25.2 Å². The molecule has 0 aliphatic carbocycles. The lowest BCUT2D eigenvalue weighted by atomic mass is 9.82. The lowest BCUT2D eigenvalue weighted by molar-refractivity contribution is -0.152. The molecule has 0 spiro atoms. The molecule has 0 amide bonds. The Bertz CT molecular complexity index is 1570. The van der Waals surface area contributed by atoms with Crippen molar-refractivity contribution in [1.82, 2.24) is 0 Å². The average molecular weight is 871 g/mol.